The number of Topliss-reactive ketones (excluding diaryl/α,β-unsaturated/α-hetero) is 1. The summed E-state index contributed by atoms with van der Waals surface area (Å²) in [5.74, 6) is 0.837. The van der Waals surface area contributed by atoms with Crippen molar-refractivity contribution in [3.05, 3.63) is 29.3 Å². The summed E-state index contributed by atoms with van der Waals surface area (Å²) in [5.41, 5.74) is 3.27. The molecule has 0 radical (unpaired) electrons. The number of nitrogens with zero attached hydrogens (tertiary/aromatic N) is 2. The number of thioether (sulfide) groups is 1. The highest BCUT2D eigenvalue weighted by atomic mass is 32.2. The van der Waals surface area contributed by atoms with Crippen LogP contribution < -0.4 is 0 Å². The molecule has 1 fully saturated rings. The number of rotatable bonds is 3. The Balaban J connectivity index is 1.77. The first kappa shape index (κ1) is 15.3. The van der Waals surface area contributed by atoms with Gasteiger partial charge in [-0.05, 0) is 38.8 Å². The van der Waals surface area contributed by atoms with Gasteiger partial charge < -0.3 is 4.42 Å². The third-order valence-corrected chi connectivity index (χ3v) is 5.02. The van der Waals surface area contributed by atoms with Gasteiger partial charge in [0.05, 0.1) is 5.25 Å². The molecule has 0 aliphatic heterocycles. The maximum atomic E-state index is 12.1. The molecule has 2 aromatic rings. The van der Waals surface area contributed by atoms with Crippen LogP contribution in [-0.4, -0.2) is 21.2 Å². The van der Waals surface area contributed by atoms with E-state index in [2.05, 4.69) is 16.3 Å². The molecule has 116 valence electrons. The predicted octanol–water partition coefficient (Wildman–Crippen LogP) is 4.35. The molecule has 1 aromatic carbocycles. The van der Waals surface area contributed by atoms with Gasteiger partial charge in [0.15, 0.2) is 0 Å². The fourth-order valence-electron chi connectivity index (χ4n) is 2.85. The van der Waals surface area contributed by atoms with Gasteiger partial charge in [-0.15, -0.1) is 10.2 Å². The Morgan fingerprint density at radius 1 is 1.09 bits per heavy atom. The van der Waals surface area contributed by atoms with Gasteiger partial charge in [-0.1, -0.05) is 41.8 Å². The summed E-state index contributed by atoms with van der Waals surface area (Å²) in [5, 5.41) is 8.70. The van der Waals surface area contributed by atoms with Gasteiger partial charge in [0.25, 0.3) is 5.22 Å². The Morgan fingerprint density at radius 3 is 2.64 bits per heavy atom. The van der Waals surface area contributed by atoms with Crippen LogP contribution in [0.1, 0.15) is 43.2 Å². The number of aromatic nitrogens is 2. The second kappa shape index (κ2) is 6.65. The summed E-state index contributed by atoms with van der Waals surface area (Å²) < 4.78 is 5.76. The lowest BCUT2D eigenvalue weighted by Gasteiger charge is -2.08. The van der Waals surface area contributed by atoms with E-state index in [1.54, 1.807) is 0 Å². The molecule has 1 saturated carbocycles. The van der Waals surface area contributed by atoms with E-state index in [0.717, 1.165) is 31.2 Å². The first-order valence-corrected chi connectivity index (χ1v) is 8.61. The average molecular weight is 316 g/mol. The Kier molecular flexibility index (Phi) is 4.62. The summed E-state index contributed by atoms with van der Waals surface area (Å²) >= 11 is 1.42. The molecule has 4 nitrogen and oxygen atoms in total. The molecule has 1 heterocycles. The first-order chi connectivity index (χ1) is 10.6. The zero-order valence-electron chi connectivity index (χ0n) is 13.0. The Labute approximate surface area is 134 Å². The molecule has 0 saturated heterocycles. The van der Waals surface area contributed by atoms with Crippen LogP contribution in [0.3, 0.4) is 0 Å². The number of carbonyl (C=O) groups excluding carboxylic acids is 1. The van der Waals surface area contributed by atoms with Crippen molar-refractivity contribution in [1.29, 1.82) is 0 Å². The standard InChI is InChI=1S/C17H20N2O2S/c1-11-8-12(2)10-13(9-11)16-18-19-17(21-16)22-15-7-5-3-4-6-14(15)20/h8-10,15H,3-7H2,1-2H3. The third-order valence-electron chi connectivity index (χ3n) is 3.87. The molecule has 1 aromatic heterocycles. The molecule has 1 aliphatic rings. The molecule has 3 rings (SSSR count). The topological polar surface area (TPSA) is 56.0 Å². The van der Waals surface area contributed by atoms with E-state index in [1.165, 1.54) is 22.9 Å². The molecule has 0 bridgehead atoms. The van der Waals surface area contributed by atoms with Gasteiger partial charge in [0, 0.05) is 12.0 Å². The molecule has 22 heavy (non-hydrogen) atoms. The molecule has 1 unspecified atom stereocenters. The van der Waals surface area contributed by atoms with E-state index in [0.29, 0.717) is 23.3 Å². The molecular formula is C17H20N2O2S. The van der Waals surface area contributed by atoms with E-state index in [9.17, 15) is 4.79 Å². The zero-order valence-corrected chi connectivity index (χ0v) is 13.8. The smallest absolute Gasteiger partial charge is 0.277 e. The second-order valence-electron chi connectivity index (χ2n) is 5.92. The first-order valence-electron chi connectivity index (χ1n) is 7.73. The monoisotopic (exact) mass is 316 g/mol. The molecule has 0 amide bonds. The van der Waals surface area contributed by atoms with E-state index in [4.69, 9.17) is 4.42 Å². The third kappa shape index (κ3) is 3.58. The van der Waals surface area contributed by atoms with Crippen molar-refractivity contribution in [3.63, 3.8) is 0 Å². The summed E-state index contributed by atoms with van der Waals surface area (Å²) in [4.78, 5) is 12.1. The van der Waals surface area contributed by atoms with Crippen LogP contribution in [0.15, 0.2) is 27.8 Å². The number of benzene rings is 1. The Morgan fingerprint density at radius 2 is 1.86 bits per heavy atom. The number of carbonyl (C=O) groups is 1. The summed E-state index contributed by atoms with van der Waals surface area (Å²) in [6.45, 7) is 4.10. The fraction of sp³-hybridized carbons (Fsp3) is 0.471. The minimum atomic E-state index is -0.0324. The lowest BCUT2D eigenvalue weighted by atomic mass is 10.1. The second-order valence-corrected chi connectivity index (χ2v) is 7.08. The maximum Gasteiger partial charge on any atom is 0.277 e. The molecule has 0 N–H and O–H groups in total. The van der Waals surface area contributed by atoms with E-state index in [-0.39, 0.29) is 5.25 Å². The minimum Gasteiger partial charge on any atom is -0.411 e. The molecule has 0 spiro atoms. The van der Waals surface area contributed by atoms with Crippen LogP contribution in [0.4, 0.5) is 0 Å². The van der Waals surface area contributed by atoms with Crippen LogP contribution >= 0.6 is 11.8 Å². The average Bonchev–Trinajstić information content (AvgIpc) is 2.84. The number of hydrogen-bond donors (Lipinski definition) is 0. The number of hydrogen-bond acceptors (Lipinski definition) is 5. The van der Waals surface area contributed by atoms with E-state index >= 15 is 0 Å². The Bertz CT molecular complexity index is 661. The van der Waals surface area contributed by atoms with Gasteiger partial charge in [0.1, 0.15) is 5.78 Å². The lowest BCUT2D eigenvalue weighted by Crippen LogP contribution is -2.14. The normalized spacial score (nSPS) is 19.2. The quantitative estimate of drug-likeness (QED) is 0.788. The van der Waals surface area contributed by atoms with Crippen molar-refractivity contribution in [3.8, 4) is 11.5 Å². The van der Waals surface area contributed by atoms with E-state index in [1.807, 2.05) is 26.0 Å². The van der Waals surface area contributed by atoms with Gasteiger partial charge in [-0.3, -0.25) is 4.79 Å². The number of aryl methyl sites for hydroxylation is 2. The largest absolute Gasteiger partial charge is 0.411 e. The van der Waals surface area contributed by atoms with Gasteiger partial charge in [-0.2, -0.15) is 0 Å². The van der Waals surface area contributed by atoms with Crippen LogP contribution in [0.25, 0.3) is 11.5 Å². The fourth-order valence-corrected chi connectivity index (χ4v) is 3.84. The summed E-state index contributed by atoms with van der Waals surface area (Å²) in [7, 11) is 0. The van der Waals surface area contributed by atoms with Gasteiger partial charge in [-0.25, -0.2) is 0 Å². The SMILES string of the molecule is Cc1cc(C)cc(-c2nnc(SC3CCCCCC3=O)o2)c1. The van der Waals surface area contributed by atoms with Crippen molar-refractivity contribution in [2.24, 2.45) is 0 Å². The highest BCUT2D eigenvalue weighted by Gasteiger charge is 2.24. The van der Waals surface area contributed by atoms with Crippen LogP contribution in [-0.2, 0) is 4.79 Å². The minimum absolute atomic E-state index is 0.0324. The summed E-state index contributed by atoms with van der Waals surface area (Å²) in [6, 6.07) is 6.18. The highest BCUT2D eigenvalue weighted by molar-refractivity contribution is 8.00. The molecular weight excluding hydrogens is 296 g/mol. The summed E-state index contributed by atoms with van der Waals surface area (Å²) in [6.07, 6.45) is 4.83. The lowest BCUT2D eigenvalue weighted by molar-refractivity contribution is -0.118. The van der Waals surface area contributed by atoms with Crippen LogP contribution in [0, 0.1) is 13.8 Å². The van der Waals surface area contributed by atoms with Crippen molar-refractivity contribution in [1.82, 2.24) is 10.2 Å². The maximum absolute atomic E-state index is 12.1. The molecule has 1 atom stereocenters. The van der Waals surface area contributed by atoms with Gasteiger partial charge in [0.2, 0.25) is 5.89 Å². The van der Waals surface area contributed by atoms with Gasteiger partial charge >= 0.3 is 0 Å². The highest BCUT2D eigenvalue weighted by Crippen LogP contribution is 2.32. The Hall–Kier alpha value is -1.62. The van der Waals surface area contributed by atoms with Crippen LogP contribution in [0.5, 0.6) is 0 Å². The number of ketones is 1. The van der Waals surface area contributed by atoms with Crippen molar-refractivity contribution >= 4 is 17.5 Å². The van der Waals surface area contributed by atoms with Crippen LogP contribution in [0.2, 0.25) is 0 Å². The zero-order chi connectivity index (χ0) is 15.5. The van der Waals surface area contributed by atoms with Crippen molar-refractivity contribution in [2.45, 2.75) is 56.4 Å². The van der Waals surface area contributed by atoms with Crippen molar-refractivity contribution in [2.75, 3.05) is 0 Å². The predicted molar refractivity (Wildman–Crippen MR) is 86.9 cm³/mol. The molecule has 5 heteroatoms. The van der Waals surface area contributed by atoms with Crippen molar-refractivity contribution < 1.29 is 9.21 Å². The molecule has 1 aliphatic carbocycles. The van der Waals surface area contributed by atoms with E-state index < -0.39 is 0 Å².